The molecule has 4 heteroatoms. The molecule has 2 fully saturated rings. The fourth-order valence-corrected chi connectivity index (χ4v) is 2.68. The average molecular weight is 226 g/mol. The molecule has 0 aliphatic carbocycles. The van der Waals surface area contributed by atoms with Gasteiger partial charge in [-0.25, -0.2) is 0 Å². The fraction of sp³-hybridized carbons (Fsp3) is 0.917. The van der Waals surface area contributed by atoms with Gasteiger partial charge in [0, 0.05) is 26.7 Å². The number of hydrogen-bond acceptors (Lipinski definition) is 3. The average Bonchev–Trinajstić information content (AvgIpc) is 2.76. The molecule has 2 aliphatic heterocycles. The van der Waals surface area contributed by atoms with E-state index in [9.17, 15) is 4.79 Å². The highest BCUT2D eigenvalue weighted by Gasteiger charge is 2.33. The van der Waals surface area contributed by atoms with Gasteiger partial charge in [-0.05, 0) is 25.2 Å². The number of carbonyl (C=O) groups excluding carboxylic acids is 1. The molecule has 0 bridgehead atoms. The van der Waals surface area contributed by atoms with Crippen molar-refractivity contribution in [1.82, 2.24) is 10.2 Å². The highest BCUT2D eigenvalue weighted by Crippen LogP contribution is 2.19. The van der Waals surface area contributed by atoms with Crippen LogP contribution < -0.4 is 5.32 Å². The summed E-state index contributed by atoms with van der Waals surface area (Å²) in [6.45, 7) is 4.88. The van der Waals surface area contributed by atoms with Crippen molar-refractivity contribution < 1.29 is 9.53 Å². The van der Waals surface area contributed by atoms with Crippen LogP contribution in [0.1, 0.15) is 26.2 Å². The summed E-state index contributed by atoms with van der Waals surface area (Å²) in [4.78, 5) is 14.2. The minimum atomic E-state index is -0.0183. The van der Waals surface area contributed by atoms with Gasteiger partial charge in [-0.1, -0.05) is 6.92 Å². The van der Waals surface area contributed by atoms with Crippen LogP contribution in [0.2, 0.25) is 0 Å². The zero-order valence-electron chi connectivity index (χ0n) is 10.2. The van der Waals surface area contributed by atoms with Crippen molar-refractivity contribution in [2.75, 3.05) is 26.7 Å². The quantitative estimate of drug-likeness (QED) is 0.750. The van der Waals surface area contributed by atoms with E-state index in [-0.39, 0.29) is 18.1 Å². The molecule has 92 valence electrons. The second-order valence-corrected chi connectivity index (χ2v) is 5.09. The van der Waals surface area contributed by atoms with E-state index < -0.39 is 0 Å². The number of piperidine rings is 1. The van der Waals surface area contributed by atoms with E-state index in [0.717, 1.165) is 32.5 Å². The number of rotatable bonds is 2. The lowest BCUT2D eigenvalue weighted by atomic mass is 9.99. The predicted octanol–water partition coefficient (Wildman–Crippen LogP) is 0.622. The third kappa shape index (κ3) is 2.55. The number of nitrogens with zero attached hydrogens (tertiary/aromatic N) is 1. The smallest absolute Gasteiger partial charge is 0.239 e. The Balaban J connectivity index is 1.87. The van der Waals surface area contributed by atoms with Crippen molar-refractivity contribution in [2.45, 2.75) is 38.3 Å². The third-order valence-corrected chi connectivity index (χ3v) is 3.69. The van der Waals surface area contributed by atoms with Crippen LogP contribution in [0.4, 0.5) is 0 Å². The number of nitrogens with one attached hydrogen (secondary N) is 1. The molecular formula is C12H22N2O2. The molecule has 1 amide bonds. The van der Waals surface area contributed by atoms with Crippen molar-refractivity contribution in [3.63, 3.8) is 0 Å². The number of ether oxygens (including phenoxy) is 1. The van der Waals surface area contributed by atoms with Gasteiger partial charge in [0.2, 0.25) is 5.91 Å². The van der Waals surface area contributed by atoms with E-state index in [2.05, 4.69) is 12.2 Å². The summed E-state index contributed by atoms with van der Waals surface area (Å²) in [7, 11) is 1.71. The molecule has 3 unspecified atom stereocenters. The molecule has 3 atom stereocenters. The van der Waals surface area contributed by atoms with Gasteiger partial charge in [0.1, 0.15) is 0 Å². The maximum atomic E-state index is 12.2. The lowest BCUT2D eigenvalue weighted by Crippen LogP contribution is -2.47. The van der Waals surface area contributed by atoms with E-state index >= 15 is 0 Å². The van der Waals surface area contributed by atoms with Crippen molar-refractivity contribution >= 4 is 5.91 Å². The van der Waals surface area contributed by atoms with E-state index in [4.69, 9.17) is 4.74 Å². The largest absolute Gasteiger partial charge is 0.380 e. The van der Waals surface area contributed by atoms with Crippen LogP contribution in [-0.2, 0) is 9.53 Å². The molecule has 0 aromatic rings. The van der Waals surface area contributed by atoms with Crippen LogP contribution in [0.5, 0.6) is 0 Å². The van der Waals surface area contributed by atoms with E-state index in [1.165, 1.54) is 6.42 Å². The van der Waals surface area contributed by atoms with Gasteiger partial charge < -0.3 is 15.0 Å². The topological polar surface area (TPSA) is 41.6 Å². The highest BCUT2D eigenvalue weighted by atomic mass is 16.5. The van der Waals surface area contributed by atoms with E-state index in [1.807, 2.05) is 4.90 Å². The summed E-state index contributed by atoms with van der Waals surface area (Å²) in [5, 5.41) is 3.25. The molecule has 0 aromatic carbocycles. The summed E-state index contributed by atoms with van der Waals surface area (Å²) in [6.07, 6.45) is 3.42. The Labute approximate surface area is 97.3 Å². The van der Waals surface area contributed by atoms with Crippen LogP contribution in [0.15, 0.2) is 0 Å². The summed E-state index contributed by atoms with van der Waals surface area (Å²) in [5.41, 5.74) is 0. The van der Waals surface area contributed by atoms with Gasteiger partial charge in [0.25, 0.3) is 0 Å². The number of methoxy groups -OCH3 is 1. The lowest BCUT2D eigenvalue weighted by molar-refractivity contribution is -0.134. The number of carbonyl (C=O) groups is 1. The normalized spacial score (nSPS) is 35.4. The molecule has 2 aliphatic rings. The molecule has 0 spiro atoms. The van der Waals surface area contributed by atoms with Gasteiger partial charge >= 0.3 is 0 Å². The van der Waals surface area contributed by atoms with Gasteiger partial charge in [0.15, 0.2) is 0 Å². The second-order valence-electron chi connectivity index (χ2n) is 5.09. The molecular weight excluding hydrogens is 204 g/mol. The minimum absolute atomic E-state index is 0.0183. The molecule has 0 saturated carbocycles. The standard InChI is InChI=1S/C12H22N2O2/c1-9-4-3-5-14(8-9)12(15)11-6-10(16-2)7-13-11/h9-11,13H,3-8H2,1-2H3. The van der Waals surface area contributed by atoms with Crippen molar-refractivity contribution in [3.05, 3.63) is 0 Å². The van der Waals surface area contributed by atoms with Crippen molar-refractivity contribution in [2.24, 2.45) is 5.92 Å². The molecule has 16 heavy (non-hydrogen) atoms. The molecule has 1 N–H and O–H groups in total. The van der Waals surface area contributed by atoms with Gasteiger partial charge in [-0.2, -0.15) is 0 Å². The molecule has 4 nitrogen and oxygen atoms in total. The Kier molecular flexibility index (Phi) is 3.82. The van der Waals surface area contributed by atoms with Crippen molar-refractivity contribution in [1.29, 1.82) is 0 Å². The summed E-state index contributed by atoms with van der Waals surface area (Å²) >= 11 is 0. The first-order valence-electron chi connectivity index (χ1n) is 6.25. The first-order valence-corrected chi connectivity index (χ1v) is 6.25. The molecule has 2 heterocycles. The van der Waals surface area contributed by atoms with Crippen LogP contribution >= 0.6 is 0 Å². The third-order valence-electron chi connectivity index (χ3n) is 3.69. The molecule has 0 radical (unpaired) electrons. The van der Waals surface area contributed by atoms with Crippen LogP contribution in [0.3, 0.4) is 0 Å². The number of amides is 1. The lowest BCUT2D eigenvalue weighted by Gasteiger charge is -2.32. The molecule has 2 rings (SSSR count). The van der Waals surface area contributed by atoms with Crippen LogP contribution in [0, 0.1) is 5.92 Å². The summed E-state index contributed by atoms with van der Waals surface area (Å²) in [5.74, 6) is 0.920. The Morgan fingerprint density at radius 2 is 2.31 bits per heavy atom. The number of hydrogen-bond donors (Lipinski definition) is 1. The van der Waals surface area contributed by atoms with Gasteiger partial charge in [0.05, 0.1) is 12.1 Å². The molecule has 0 aromatic heterocycles. The molecule has 2 saturated heterocycles. The minimum Gasteiger partial charge on any atom is -0.380 e. The maximum absolute atomic E-state index is 12.2. The second kappa shape index (κ2) is 5.15. The SMILES string of the molecule is COC1CNC(C(=O)N2CCCC(C)C2)C1. The number of likely N-dealkylation sites (tertiary alicyclic amines) is 1. The van der Waals surface area contributed by atoms with E-state index in [0.29, 0.717) is 5.92 Å². The zero-order valence-corrected chi connectivity index (χ0v) is 10.2. The Morgan fingerprint density at radius 1 is 1.50 bits per heavy atom. The Morgan fingerprint density at radius 3 is 2.94 bits per heavy atom. The fourth-order valence-electron chi connectivity index (χ4n) is 2.68. The first-order chi connectivity index (χ1) is 7.70. The summed E-state index contributed by atoms with van der Waals surface area (Å²) < 4.78 is 5.27. The Hall–Kier alpha value is -0.610. The van der Waals surface area contributed by atoms with Crippen LogP contribution in [-0.4, -0.2) is 49.7 Å². The summed E-state index contributed by atoms with van der Waals surface area (Å²) in [6, 6.07) is -0.0183. The van der Waals surface area contributed by atoms with Gasteiger partial charge in [-0.15, -0.1) is 0 Å². The Bertz CT molecular complexity index is 257. The predicted molar refractivity (Wildman–Crippen MR) is 62.2 cm³/mol. The van der Waals surface area contributed by atoms with Gasteiger partial charge in [-0.3, -0.25) is 4.79 Å². The monoisotopic (exact) mass is 226 g/mol. The van der Waals surface area contributed by atoms with Crippen LogP contribution in [0.25, 0.3) is 0 Å². The maximum Gasteiger partial charge on any atom is 0.239 e. The first kappa shape index (κ1) is 11.9. The van der Waals surface area contributed by atoms with E-state index in [1.54, 1.807) is 7.11 Å². The highest BCUT2D eigenvalue weighted by molar-refractivity contribution is 5.82. The van der Waals surface area contributed by atoms with Crippen molar-refractivity contribution in [3.8, 4) is 0 Å². The zero-order chi connectivity index (χ0) is 11.5.